The third-order valence-electron chi connectivity index (χ3n) is 7.17. The summed E-state index contributed by atoms with van der Waals surface area (Å²) >= 11 is 0. The molecule has 42 heavy (non-hydrogen) atoms. The van der Waals surface area contributed by atoms with Crippen LogP contribution in [0.15, 0.2) is 84.2 Å². The molecule has 0 unspecified atom stereocenters. The summed E-state index contributed by atoms with van der Waals surface area (Å²) in [5, 5.41) is 19.8. The van der Waals surface area contributed by atoms with Gasteiger partial charge in [-0.25, -0.2) is 37.8 Å². The van der Waals surface area contributed by atoms with Crippen molar-refractivity contribution in [2.24, 2.45) is 0 Å². The van der Waals surface area contributed by atoms with E-state index in [1.165, 1.54) is 0 Å². The molecule has 0 fully saturated rings. The van der Waals surface area contributed by atoms with Crippen molar-refractivity contribution in [1.82, 2.24) is 0 Å². The predicted molar refractivity (Wildman–Crippen MR) is 149 cm³/mol. The Morgan fingerprint density at radius 2 is 0.857 bits per heavy atom. The van der Waals surface area contributed by atoms with Crippen LogP contribution >= 0.6 is 0 Å². The van der Waals surface area contributed by atoms with Gasteiger partial charge in [0.25, 0.3) is 11.4 Å². The standard InChI is InChI=1S/C34H12F4N4/c1-41-29(15-39)31-27-11-17(19-7-21(35)13-22(36)8-19)3-5-25(27)34-32(30(16-40)42-2)28-12-18(4-6-26(28)33(31)34)20-9-23(37)14-24(38)10-20/h3-14H/b31-29-,32-30+. The number of nitrogens with zero attached hydrogens (tertiary/aromatic N) is 4. The van der Waals surface area contributed by atoms with Gasteiger partial charge in [0.15, 0.2) is 0 Å². The molecule has 2 aliphatic carbocycles. The highest BCUT2D eigenvalue weighted by atomic mass is 19.1. The summed E-state index contributed by atoms with van der Waals surface area (Å²) in [7, 11) is 0. The maximum atomic E-state index is 14.0. The van der Waals surface area contributed by atoms with E-state index in [1.807, 2.05) is 12.1 Å². The molecule has 0 aromatic heterocycles. The number of hydrogen-bond acceptors (Lipinski definition) is 2. The van der Waals surface area contributed by atoms with Crippen LogP contribution in [0.3, 0.4) is 0 Å². The lowest BCUT2D eigenvalue weighted by molar-refractivity contribution is 0.583. The van der Waals surface area contributed by atoms with Crippen molar-refractivity contribution in [2.75, 3.05) is 0 Å². The van der Waals surface area contributed by atoms with Crippen LogP contribution in [0, 0.1) is 59.1 Å². The van der Waals surface area contributed by atoms with Gasteiger partial charge in [-0.3, -0.25) is 0 Å². The minimum atomic E-state index is -0.774. The van der Waals surface area contributed by atoms with E-state index in [1.54, 1.807) is 36.4 Å². The molecule has 0 radical (unpaired) electrons. The first-order valence-corrected chi connectivity index (χ1v) is 12.3. The number of allylic oxidation sites excluding steroid dienone is 6. The van der Waals surface area contributed by atoms with Gasteiger partial charge in [0.05, 0.1) is 25.3 Å². The Morgan fingerprint density at radius 1 is 0.500 bits per heavy atom. The van der Waals surface area contributed by atoms with Gasteiger partial charge in [-0.15, -0.1) is 0 Å². The summed E-state index contributed by atoms with van der Waals surface area (Å²) < 4.78 is 56.1. The van der Waals surface area contributed by atoms with Crippen molar-refractivity contribution >= 4 is 22.3 Å². The fourth-order valence-electron chi connectivity index (χ4n) is 5.56. The average molecular weight is 552 g/mol. The number of halogens is 4. The van der Waals surface area contributed by atoms with E-state index in [-0.39, 0.29) is 33.7 Å². The largest absolute Gasteiger partial charge is 0.270 e. The number of fused-ring (bicyclic) bond motifs is 4. The molecule has 4 aromatic carbocycles. The molecule has 0 atom stereocenters. The molecule has 2 aliphatic rings. The second-order valence-electron chi connectivity index (χ2n) is 9.48. The minimum absolute atomic E-state index is 0.241. The van der Waals surface area contributed by atoms with E-state index in [4.69, 9.17) is 13.1 Å². The van der Waals surface area contributed by atoms with E-state index >= 15 is 0 Å². The molecule has 0 amide bonds. The van der Waals surface area contributed by atoms with E-state index in [9.17, 15) is 28.1 Å². The average Bonchev–Trinajstić information content (AvgIpc) is 3.46. The third kappa shape index (κ3) is 3.96. The summed E-state index contributed by atoms with van der Waals surface area (Å²) in [4.78, 5) is 6.87. The van der Waals surface area contributed by atoms with Crippen LogP contribution in [0.5, 0.6) is 0 Å². The molecular weight excluding hydrogens is 540 g/mol. The molecule has 0 aliphatic heterocycles. The Labute approximate surface area is 237 Å². The smallest absolute Gasteiger partial charge is 0.226 e. The van der Waals surface area contributed by atoms with E-state index < -0.39 is 23.3 Å². The van der Waals surface area contributed by atoms with Crippen LogP contribution in [0.2, 0.25) is 0 Å². The summed E-state index contributed by atoms with van der Waals surface area (Å²) in [5.41, 5.74) is 4.08. The zero-order chi connectivity index (χ0) is 29.7. The molecule has 0 saturated carbocycles. The normalized spacial score (nSPS) is 15.0. The van der Waals surface area contributed by atoms with Gasteiger partial charge in [0.2, 0.25) is 0 Å². The molecule has 4 aromatic rings. The van der Waals surface area contributed by atoms with Crippen LogP contribution in [0.1, 0.15) is 22.3 Å². The summed E-state index contributed by atoms with van der Waals surface area (Å²) in [6, 6.07) is 19.8. The summed E-state index contributed by atoms with van der Waals surface area (Å²) in [6.45, 7) is 15.4. The molecule has 0 bridgehead atoms. The van der Waals surface area contributed by atoms with Crippen LogP contribution in [-0.4, -0.2) is 0 Å². The zero-order valence-electron chi connectivity index (χ0n) is 21.2. The summed E-state index contributed by atoms with van der Waals surface area (Å²) in [6.07, 6.45) is 0. The van der Waals surface area contributed by atoms with Gasteiger partial charge in [-0.2, -0.15) is 0 Å². The molecule has 0 heterocycles. The lowest BCUT2D eigenvalue weighted by Crippen LogP contribution is -1.96. The molecule has 0 N–H and O–H groups in total. The molecular formula is C34H12F4N4. The summed E-state index contributed by atoms with van der Waals surface area (Å²) in [5.74, 6) is -3.09. The van der Waals surface area contributed by atoms with Gasteiger partial charge < -0.3 is 0 Å². The first-order chi connectivity index (χ1) is 20.3. The second kappa shape index (κ2) is 9.76. The number of benzene rings is 4. The van der Waals surface area contributed by atoms with Gasteiger partial charge in [0.1, 0.15) is 23.3 Å². The van der Waals surface area contributed by atoms with Crippen molar-refractivity contribution in [3.05, 3.63) is 153 Å². The first-order valence-electron chi connectivity index (χ1n) is 12.3. The Hall–Kier alpha value is -6.22. The monoisotopic (exact) mass is 552 g/mol. The van der Waals surface area contributed by atoms with Crippen molar-refractivity contribution in [1.29, 1.82) is 10.5 Å². The fraction of sp³-hybridized carbons (Fsp3) is 0. The Bertz CT molecular complexity index is 1950. The maximum absolute atomic E-state index is 14.0. The lowest BCUT2D eigenvalue weighted by atomic mass is 9.88. The second-order valence-corrected chi connectivity index (χ2v) is 9.48. The van der Waals surface area contributed by atoms with E-state index in [2.05, 4.69) is 9.69 Å². The molecule has 6 rings (SSSR count). The van der Waals surface area contributed by atoms with Crippen LogP contribution in [0.4, 0.5) is 17.6 Å². The van der Waals surface area contributed by atoms with Crippen molar-refractivity contribution in [3.63, 3.8) is 0 Å². The van der Waals surface area contributed by atoms with Gasteiger partial charge in [-0.05, 0) is 92.1 Å². The molecule has 196 valence electrons. The number of hydrogen-bond donors (Lipinski definition) is 0. The topological polar surface area (TPSA) is 56.3 Å². The molecule has 0 spiro atoms. The van der Waals surface area contributed by atoms with Crippen molar-refractivity contribution < 1.29 is 17.6 Å². The molecule has 4 nitrogen and oxygen atoms in total. The molecule has 8 heteroatoms. The van der Waals surface area contributed by atoms with Crippen LogP contribution in [-0.2, 0) is 0 Å². The highest BCUT2D eigenvalue weighted by molar-refractivity contribution is 6.37. The first kappa shape index (κ1) is 26.0. The number of rotatable bonds is 2. The highest BCUT2D eigenvalue weighted by Crippen LogP contribution is 2.60. The van der Waals surface area contributed by atoms with Crippen molar-refractivity contribution in [3.8, 4) is 34.4 Å². The van der Waals surface area contributed by atoms with Gasteiger partial charge >= 0.3 is 0 Å². The highest BCUT2D eigenvalue weighted by Gasteiger charge is 2.39. The fourth-order valence-corrected chi connectivity index (χ4v) is 5.56. The number of nitriles is 2. The maximum Gasteiger partial charge on any atom is 0.270 e. The Kier molecular flexibility index (Phi) is 6.05. The van der Waals surface area contributed by atoms with Crippen LogP contribution in [0.25, 0.3) is 54.2 Å². The zero-order valence-corrected chi connectivity index (χ0v) is 21.2. The van der Waals surface area contributed by atoms with E-state index in [0.717, 1.165) is 36.4 Å². The van der Waals surface area contributed by atoms with E-state index in [0.29, 0.717) is 44.5 Å². The SMILES string of the molecule is [C-]#[N+]/C(C#N)=C1C2=C(/C(=C(\C#N)[N+]#[C-])c3cc(-c4cc(F)cc(F)c4)ccc32)c2ccc(-c3cc(F)cc(F)c3)cc2\1. The van der Waals surface area contributed by atoms with Crippen LogP contribution < -0.4 is 0 Å². The van der Waals surface area contributed by atoms with Gasteiger partial charge in [0, 0.05) is 23.3 Å². The third-order valence-corrected chi connectivity index (χ3v) is 7.17. The Balaban J connectivity index is 1.65. The molecule has 0 saturated heterocycles. The quantitative estimate of drug-likeness (QED) is 0.142. The van der Waals surface area contributed by atoms with Gasteiger partial charge in [-0.1, -0.05) is 24.3 Å². The minimum Gasteiger partial charge on any atom is -0.226 e. The lowest BCUT2D eigenvalue weighted by Gasteiger charge is -2.15. The van der Waals surface area contributed by atoms with Crippen molar-refractivity contribution in [2.45, 2.75) is 0 Å². The predicted octanol–water partition coefficient (Wildman–Crippen LogP) is 8.82. The Morgan fingerprint density at radius 3 is 1.17 bits per heavy atom.